The number of aromatic nitrogens is 2. The minimum Gasteiger partial charge on any atom is -0.480 e. The predicted molar refractivity (Wildman–Crippen MR) is 77.2 cm³/mol. The smallest absolute Gasteiger partial charge is 0.326 e. The molecule has 0 bridgehead atoms. The zero-order chi connectivity index (χ0) is 16.9. The van der Waals surface area contributed by atoms with E-state index in [4.69, 9.17) is 10.2 Å². The fourth-order valence-corrected chi connectivity index (χ4v) is 2.25. The molecule has 1 aromatic rings. The number of hydrogen-bond acceptors (Lipinski definition) is 5. The molecule has 22 heavy (non-hydrogen) atoms. The van der Waals surface area contributed by atoms with Crippen molar-refractivity contribution >= 4 is 21.9 Å². The largest absolute Gasteiger partial charge is 0.480 e. The van der Waals surface area contributed by atoms with E-state index >= 15 is 0 Å². The van der Waals surface area contributed by atoms with Crippen LogP contribution in [0, 0.1) is 5.92 Å². The van der Waals surface area contributed by atoms with Crippen LogP contribution in [-0.4, -0.2) is 41.2 Å². The molecule has 4 N–H and O–H groups in total. The van der Waals surface area contributed by atoms with Gasteiger partial charge in [0.25, 0.3) is 0 Å². The van der Waals surface area contributed by atoms with Crippen LogP contribution in [0.1, 0.15) is 26.7 Å². The molecule has 1 heterocycles. The van der Waals surface area contributed by atoms with Gasteiger partial charge in [0.15, 0.2) is 0 Å². The molecule has 0 aliphatic heterocycles. The Balaban J connectivity index is 2.55. The molecule has 124 valence electrons. The van der Waals surface area contributed by atoms with Crippen molar-refractivity contribution < 1.29 is 23.1 Å². The quantitative estimate of drug-likeness (QED) is 0.587. The summed E-state index contributed by atoms with van der Waals surface area (Å²) in [6, 6.07) is -0.940. The Morgan fingerprint density at radius 3 is 2.55 bits per heavy atom. The normalized spacial score (nSPS) is 13.1. The number of nitrogens with two attached hydrogens (primary N) is 1. The second-order valence-corrected chi connectivity index (χ2v) is 6.88. The zero-order valence-electron chi connectivity index (χ0n) is 12.4. The zero-order valence-corrected chi connectivity index (χ0v) is 13.2. The van der Waals surface area contributed by atoms with Gasteiger partial charge in [-0.15, -0.1) is 0 Å². The second-order valence-electron chi connectivity index (χ2n) is 5.32. The summed E-state index contributed by atoms with van der Waals surface area (Å²) < 4.78 is 23.4. The number of aryl methyl sites for hydroxylation is 1. The third-order valence-electron chi connectivity index (χ3n) is 2.85. The number of aliphatic carboxylic acids is 1. The summed E-state index contributed by atoms with van der Waals surface area (Å²) in [6.45, 7) is 3.84. The van der Waals surface area contributed by atoms with E-state index < -0.39 is 27.9 Å². The van der Waals surface area contributed by atoms with Crippen LogP contribution in [0.15, 0.2) is 17.3 Å². The maximum absolute atomic E-state index is 11.8. The summed E-state index contributed by atoms with van der Waals surface area (Å²) in [7, 11) is -3.83. The highest BCUT2D eigenvalue weighted by Gasteiger charge is 2.21. The Kier molecular flexibility index (Phi) is 6.06. The first-order chi connectivity index (χ1) is 10.1. The van der Waals surface area contributed by atoms with Crippen LogP contribution < -0.4 is 10.5 Å². The molecule has 0 aliphatic rings. The Bertz CT molecular complexity index is 638. The maximum atomic E-state index is 11.8. The van der Waals surface area contributed by atoms with Gasteiger partial charge in [0.05, 0.1) is 6.20 Å². The third-order valence-corrected chi connectivity index (χ3v) is 3.71. The fourth-order valence-electron chi connectivity index (χ4n) is 1.79. The first kappa shape index (κ1) is 18.1. The van der Waals surface area contributed by atoms with Gasteiger partial charge < -0.3 is 10.4 Å². The van der Waals surface area contributed by atoms with Crippen LogP contribution >= 0.6 is 0 Å². The van der Waals surface area contributed by atoms with Crippen molar-refractivity contribution in [2.75, 3.05) is 0 Å². The number of primary sulfonamides is 1. The number of rotatable bonds is 8. The first-order valence-electron chi connectivity index (χ1n) is 6.67. The highest BCUT2D eigenvalue weighted by molar-refractivity contribution is 7.89. The highest BCUT2D eigenvalue weighted by Crippen LogP contribution is 2.06. The van der Waals surface area contributed by atoms with Gasteiger partial charge in [-0.1, -0.05) is 13.8 Å². The molecule has 0 aromatic carbocycles. The number of amides is 1. The van der Waals surface area contributed by atoms with Crippen LogP contribution in [-0.2, 0) is 26.2 Å². The molecule has 1 aromatic heterocycles. The molecule has 0 unspecified atom stereocenters. The minimum absolute atomic E-state index is 0.0202. The van der Waals surface area contributed by atoms with E-state index in [1.165, 1.54) is 10.9 Å². The lowest BCUT2D eigenvalue weighted by molar-refractivity contribution is -0.142. The Labute approximate surface area is 128 Å². The van der Waals surface area contributed by atoms with Crippen molar-refractivity contribution in [2.24, 2.45) is 11.1 Å². The number of hydrogen-bond donors (Lipinski definition) is 3. The number of carbonyl (C=O) groups excluding carboxylic acids is 1. The summed E-state index contributed by atoms with van der Waals surface area (Å²) in [5.74, 6) is -1.40. The summed E-state index contributed by atoms with van der Waals surface area (Å²) in [5, 5.41) is 20.2. The lowest BCUT2D eigenvalue weighted by Crippen LogP contribution is -2.41. The molecule has 10 heteroatoms. The average Bonchev–Trinajstić information content (AvgIpc) is 2.83. The topological polar surface area (TPSA) is 144 Å². The van der Waals surface area contributed by atoms with E-state index in [2.05, 4.69) is 10.4 Å². The molecule has 0 radical (unpaired) electrons. The summed E-state index contributed by atoms with van der Waals surface area (Å²) in [5.41, 5.74) is 0. The number of nitrogens with zero attached hydrogens (tertiary/aromatic N) is 2. The number of sulfonamides is 1. The highest BCUT2D eigenvalue weighted by atomic mass is 32.2. The van der Waals surface area contributed by atoms with Crippen molar-refractivity contribution in [1.82, 2.24) is 15.1 Å². The number of carboxylic acids is 1. The van der Waals surface area contributed by atoms with Gasteiger partial charge in [-0.25, -0.2) is 18.4 Å². The van der Waals surface area contributed by atoms with Gasteiger partial charge in [0, 0.05) is 19.2 Å². The van der Waals surface area contributed by atoms with Crippen LogP contribution in [0.4, 0.5) is 0 Å². The van der Waals surface area contributed by atoms with Gasteiger partial charge in [-0.05, 0) is 12.3 Å². The Morgan fingerprint density at radius 2 is 2.09 bits per heavy atom. The molecule has 1 atom stereocenters. The average molecular weight is 332 g/mol. The van der Waals surface area contributed by atoms with Crippen LogP contribution in [0.3, 0.4) is 0 Å². The van der Waals surface area contributed by atoms with Gasteiger partial charge >= 0.3 is 5.97 Å². The molecule has 0 saturated carbocycles. The van der Waals surface area contributed by atoms with Gasteiger partial charge in [-0.3, -0.25) is 9.48 Å². The summed E-state index contributed by atoms with van der Waals surface area (Å²) in [4.78, 5) is 22.7. The van der Waals surface area contributed by atoms with Crippen LogP contribution in [0.25, 0.3) is 0 Å². The van der Waals surface area contributed by atoms with Crippen LogP contribution in [0.2, 0.25) is 0 Å². The van der Waals surface area contributed by atoms with Gasteiger partial charge in [0.1, 0.15) is 10.9 Å². The molecule has 0 aliphatic carbocycles. The van der Waals surface area contributed by atoms with Gasteiger partial charge in [-0.2, -0.15) is 5.10 Å². The molecule has 1 amide bonds. The summed E-state index contributed by atoms with van der Waals surface area (Å²) in [6.07, 6.45) is 2.61. The Morgan fingerprint density at radius 1 is 1.45 bits per heavy atom. The summed E-state index contributed by atoms with van der Waals surface area (Å²) >= 11 is 0. The van der Waals surface area contributed by atoms with E-state index in [9.17, 15) is 18.0 Å². The molecule has 9 nitrogen and oxygen atoms in total. The lowest BCUT2D eigenvalue weighted by atomic mass is 10.0. The van der Waals surface area contributed by atoms with Crippen molar-refractivity contribution in [3.63, 3.8) is 0 Å². The molecule has 0 saturated heterocycles. The predicted octanol–water partition coefficient (Wildman–Crippen LogP) is -0.464. The lowest BCUT2D eigenvalue weighted by Gasteiger charge is -2.16. The molecular weight excluding hydrogens is 312 g/mol. The van der Waals surface area contributed by atoms with E-state index in [1.54, 1.807) is 0 Å². The van der Waals surface area contributed by atoms with Crippen molar-refractivity contribution in [2.45, 2.75) is 44.2 Å². The second kappa shape index (κ2) is 7.36. The van der Waals surface area contributed by atoms with Gasteiger partial charge in [0.2, 0.25) is 15.9 Å². The fraction of sp³-hybridized carbons (Fsp3) is 0.583. The van der Waals surface area contributed by atoms with E-state index in [0.29, 0.717) is 6.42 Å². The number of carbonyl (C=O) groups is 2. The van der Waals surface area contributed by atoms with E-state index in [1.807, 2.05) is 13.8 Å². The van der Waals surface area contributed by atoms with Crippen molar-refractivity contribution in [3.05, 3.63) is 12.4 Å². The van der Waals surface area contributed by atoms with Crippen molar-refractivity contribution in [1.29, 1.82) is 0 Å². The standard InChI is InChI=1S/C12H20N4O5S/c1-8(2)5-10(12(18)19)15-11(17)3-4-16-7-9(6-14-16)22(13,20)21/h6-8,10H,3-5H2,1-2H3,(H,15,17)(H,18,19)(H2,13,20,21)/t10-/m0/s1. The Hall–Kier alpha value is -1.94. The maximum Gasteiger partial charge on any atom is 0.326 e. The number of carboxylic acid groups (broad SMARTS) is 1. The van der Waals surface area contributed by atoms with Crippen molar-refractivity contribution in [3.8, 4) is 0 Å². The monoisotopic (exact) mass is 332 g/mol. The molecule has 0 fully saturated rings. The van der Waals surface area contributed by atoms with E-state index in [0.717, 1.165) is 6.20 Å². The third kappa shape index (κ3) is 5.82. The first-order valence-corrected chi connectivity index (χ1v) is 8.21. The van der Waals surface area contributed by atoms with Crippen LogP contribution in [0.5, 0.6) is 0 Å². The molecular formula is C12H20N4O5S. The molecule has 0 spiro atoms. The SMILES string of the molecule is CC(C)C[C@H](NC(=O)CCn1cc(S(N)(=O)=O)cn1)C(=O)O. The van der Waals surface area contributed by atoms with E-state index in [-0.39, 0.29) is 23.8 Å². The number of nitrogens with one attached hydrogen (secondary N) is 1. The molecule has 1 rings (SSSR count). The minimum atomic E-state index is -3.83.